The number of aryl methyl sites for hydroxylation is 1. The predicted octanol–water partition coefficient (Wildman–Crippen LogP) is 3.87. The van der Waals surface area contributed by atoms with Crippen LogP contribution in [-0.4, -0.2) is 24.9 Å². The minimum absolute atomic E-state index is 0.0156. The van der Waals surface area contributed by atoms with Crippen molar-refractivity contribution >= 4 is 11.6 Å². The number of nitrogens with zero attached hydrogens (tertiary/aromatic N) is 1. The van der Waals surface area contributed by atoms with Crippen molar-refractivity contribution in [3.05, 3.63) is 65.2 Å². The smallest absolute Gasteiger partial charge is 0.253 e. The van der Waals surface area contributed by atoms with Crippen LogP contribution in [0.25, 0.3) is 0 Å². The van der Waals surface area contributed by atoms with Crippen molar-refractivity contribution in [2.24, 2.45) is 0 Å². The lowest BCUT2D eigenvalue weighted by Crippen LogP contribution is -2.21. The fourth-order valence-electron chi connectivity index (χ4n) is 2.27. The van der Waals surface area contributed by atoms with Gasteiger partial charge >= 0.3 is 0 Å². The third-order valence-electron chi connectivity index (χ3n) is 3.44. The second-order valence-corrected chi connectivity index (χ2v) is 5.56. The van der Waals surface area contributed by atoms with E-state index < -0.39 is 0 Å². The highest BCUT2D eigenvalue weighted by Crippen LogP contribution is 2.21. The van der Waals surface area contributed by atoms with E-state index in [1.165, 1.54) is 11.1 Å². The number of nitrogens with one attached hydrogen (secondary N) is 1. The van der Waals surface area contributed by atoms with Gasteiger partial charge in [-0.1, -0.05) is 35.9 Å². The number of anilines is 1. The van der Waals surface area contributed by atoms with Crippen LogP contribution in [0.5, 0.6) is 0 Å². The van der Waals surface area contributed by atoms with Crippen LogP contribution in [0.15, 0.2) is 48.5 Å². The Morgan fingerprint density at radius 2 is 1.81 bits per heavy atom. The highest BCUT2D eigenvalue weighted by atomic mass is 16.2. The molecule has 110 valence electrons. The number of hydrogen-bond acceptors (Lipinski definition) is 2. The van der Waals surface area contributed by atoms with Gasteiger partial charge in [0.15, 0.2) is 0 Å². The largest absolute Gasteiger partial charge is 0.379 e. The molecule has 21 heavy (non-hydrogen) atoms. The monoisotopic (exact) mass is 282 g/mol. The van der Waals surface area contributed by atoms with Crippen LogP contribution < -0.4 is 5.32 Å². The third kappa shape index (κ3) is 3.85. The molecular weight excluding hydrogens is 260 g/mol. The zero-order chi connectivity index (χ0) is 15.4. The first-order chi connectivity index (χ1) is 9.97. The van der Waals surface area contributed by atoms with Crippen molar-refractivity contribution in [1.29, 1.82) is 0 Å². The summed E-state index contributed by atoms with van der Waals surface area (Å²) < 4.78 is 0. The van der Waals surface area contributed by atoms with E-state index in [1.807, 2.05) is 24.3 Å². The summed E-state index contributed by atoms with van der Waals surface area (Å²) in [6, 6.07) is 16.3. The number of carbonyl (C=O) groups excluding carboxylic acids is 1. The van der Waals surface area contributed by atoms with Gasteiger partial charge in [0.25, 0.3) is 5.91 Å². The van der Waals surface area contributed by atoms with Crippen molar-refractivity contribution in [2.75, 3.05) is 19.4 Å². The normalized spacial score (nSPS) is 11.8. The maximum atomic E-state index is 12.0. The Balaban J connectivity index is 2.16. The van der Waals surface area contributed by atoms with Gasteiger partial charge in [-0.2, -0.15) is 0 Å². The topological polar surface area (TPSA) is 32.3 Å². The zero-order valence-electron chi connectivity index (χ0n) is 13.1. The number of hydrogen-bond donors (Lipinski definition) is 1. The lowest BCUT2D eigenvalue weighted by molar-refractivity contribution is 0.0827. The Labute approximate surface area is 126 Å². The summed E-state index contributed by atoms with van der Waals surface area (Å²) in [5.74, 6) is 0.0156. The van der Waals surface area contributed by atoms with Gasteiger partial charge in [-0.25, -0.2) is 0 Å². The summed E-state index contributed by atoms with van der Waals surface area (Å²) in [5.41, 5.74) is 4.13. The van der Waals surface area contributed by atoms with Crippen LogP contribution in [0.3, 0.4) is 0 Å². The summed E-state index contributed by atoms with van der Waals surface area (Å²) in [6.45, 7) is 4.21. The third-order valence-corrected chi connectivity index (χ3v) is 3.44. The molecule has 0 aliphatic carbocycles. The Morgan fingerprint density at radius 1 is 1.10 bits per heavy atom. The minimum Gasteiger partial charge on any atom is -0.379 e. The molecule has 1 atom stereocenters. The molecule has 0 aromatic heterocycles. The maximum Gasteiger partial charge on any atom is 0.253 e. The first kappa shape index (κ1) is 15.1. The van der Waals surface area contributed by atoms with E-state index in [4.69, 9.17) is 0 Å². The minimum atomic E-state index is 0.0156. The Hall–Kier alpha value is -2.29. The van der Waals surface area contributed by atoms with Gasteiger partial charge in [-0.15, -0.1) is 0 Å². The first-order valence-corrected chi connectivity index (χ1v) is 7.12. The molecule has 1 amide bonds. The van der Waals surface area contributed by atoms with E-state index in [-0.39, 0.29) is 11.9 Å². The highest BCUT2D eigenvalue weighted by Gasteiger charge is 2.10. The van der Waals surface area contributed by atoms with E-state index in [0.717, 1.165) is 5.69 Å². The molecule has 0 saturated carbocycles. The van der Waals surface area contributed by atoms with E-state index in [9.17, 15) is 4.79 Å². The van der Waals surface area contributed by atoms with Gasteiger partial charge in [-0.3, -0.25) is 4.79 Å². The van der Waals surface area contributed by atoms with E-state index in [0.29, 0.717) is 5.56 Å². The fourth-order valence-corrected chi connectivity index (χ4v) is 2.27. The molecule has 0 aliphatic rings. The van der Waals surface area contributed by atoms with Gasteiger partial charge in [0.1, 0.15) is 0 Å². The second kappa shape index (κ2) is 6.44. The average Bonchev–Trinajstić information content (AvgIpc) is 2.46. The maximum absolute atomic E-state index is 12.0. The molecular formula is C18H22N2O. The molecule has 3 nitrogen and oxygen atoms in total. The van der Waals surface area contributed by atoms with Gasteiger partial charge in [-0.05, 0) is 37.6 Å². The molecule has 2 aromatic carbocycles. The molecule has 1 unspecified atom stereocenters. The van der Waals surface area contributed by atoms with Gasteiger partial charge in [0, 0.05) is 31.4 Å². The molecule has 3 heteroatoms. The predicted molar refractivity (Wildman–Crippen MR) is 87.7 cm³/mol. The molecule has 0 fully saturated rings. The molecule has 2 aromatic rings. The van der Waals surface area contributed by atoms with Crippen molar-refractivity contribution in [3.63, 3.8) is 0 Å². The summed E-state index contributed by atoms with van der Waals surface area (Å²) in [5, 5.41) is 3.45. The molecule has 0 bridgehead atoms. The quantitative estimate of drug-likeness (QED) is 0.923. The molecule has 1 N–H and O–H groups in total. The standard InChI is InChI=1S/C18H22N2O/c1-13-7-5-8-15(11-13)14(2)19-17-10-6-9-16(12-17)18(21)20(3)4/h5-12,14,19H,1-4H3. The van der Waals surface area contributed by atoms with Crippen LogP contribution in [0.2, 0.25) is 0 Å². The Kier molecular flexibility index (Phi) is 4.63. The molecule has 0 radical (unpaired) electrons. The first-order valence-electron chi connectivity index (χ1n) is 7.12. The van der Waals surface area contributed by atoms with Crippen molar-refractivity contribution in [3.8, 4) is 0 Å². The lowest BCUT2D eigenvalue weighted by atomic mass is 10.1. The fraction of sp³-hybridized carbons (Fsp3) is 0.278. The molecule has 2 rings (SSSR count). The van der Waals surface area contributed by atoms with Crippen LogP contribution in [0.1, 0.15) is 34.5 Å². The van der Waals surface area contributed by atoms with E-state index in [1.54, 1.807) is 19.0 Å². The van der Waals surface area contributed by atoms with Crippen molar-refractivity contribution in [1.82, 2.24) is 4.90 Å². The number of carbonyl (C=O) groups is 1. The van der Waals surface area contributed by atoms with Crippen LogP contribution >= 0.6 is 0 Å². The van der Waals surface area contributed by atoms with Crippen molar-refractivity contribution < 1.29 is 4.79 Å². The van der Waals surface area contributed by atoms with Crippen LogP contribution in [0.4, 0.5) is 5.69 Å². The Morgan fingerprint density at radius 3 is 2.48 bits per heavy atom. The van der Waals surface area contributed by atoms with Crippen molar-refractivity contribution in [2.45, 2.75) is 19.9 Å². The average molecular weight is 282 g/mol. The van der Waals surface area contributed by atoms with Gasteiger partial charge in [0.05, 0.1) is 0 Å². The van der Waals surface area contributed by atoms with Gasteiger partial charge in [0.2, 0.25) is 0 Å². The number of benzene rings is 2. The number of amides is 1. The Bertz CT molecular complexity index is 635. The summed E-state index contributed by atoms with van der Waals surface area (Å²) in [7, 11) is 3.52. The molecule has 0 aliphatic heterocycles. The molecule has 0 saturated heterocycles. The van der Waals surface area contributed by atoms with Crippen LogP contribution in [-0.2, 0) is 0 Å². The SMILES string of the molecule is Cc1cccc(C(C)Nc2cccc(C(=O)N(C)C)c2)c1. The highest BCUT2D eigenvalue weighted by molar-refractivity contribution is 5.94. The lowest BCUT2D eigenvalue weighted by Gasteiger charge is -2.17. The van der Waals surface area contributed by atoms with E-state index >= 15 is 0 Å². The summed E-state index contributed by atoms with van der Waals surface area (Å²) in [6.07, 6.45) is 0. The second-order valence-electron chi connectivity index (χ2n) is 5.56. The number of rotatable bonds is 4. The molecule has 0 spiro atoms. The van der Waals surface area contributed by atoms with Crippen LogP contribution in [0, 0.1) is 6.92 Å². The summed E-state index contributed by atoms with van der Waals surface area (Å²) >= 11 is 0. The summed E-state index contributed by atoms with van der Waals surface area (Å²) in [4.78, 5) is 13.6. The van der Waals surface area contributed by atoms with E-state index in [2.05, 4.69) is 43.4 Å². The van der Waals surface area contributed by atoms with Gasteiger partial charge < -0.3 is 10.2 Å². The molecule has 0 heterocycles. The zero-order valence-corrected chi connectivity index (χ0v) is 13.1.